The number of benzene rings is 1. The zero-order valence-corrected chi connectivity index (χ0v) is 10.2. The Balaban J connectivity index is 2.16. The van der Waals surface area contributed by atoms with Crippen LogP contribution in [0.5, 0.6) is 0 Å². The number of carbonyl (C=O) groups excluding carboxylic acids is 1. The quantitative estimate of drug-likeness (QED) is 0.837. The Bertz CT molecular complexity index is 520. The Kier molecular flexibility index (Phi) is 3.74. The molecule has 0 aliphatic carbocycles. The minimum atomic E-state index is -0.498. The van der Waals surface area contributed by atoms with Crippen LogP contribution < -0.4 is 11.1 Å². The van der Waals surface area contributed by atoms with Crippen molar-refractivity contribution in [1.29, 1.82) is 0 Å². The van der Waals surface area contributed by atoms with E-state index in [1.54, 1.807) is 17.8 Å². The molecule has 0 radical (unpaired) electrons. The highest BCUT2D eigenvalue weighted by Crippen LogP contribution is 2.12. The van der Waals surface area contributed by atoms with Crippen molar-refractivity contribution >= 4 is 5.91 Å². The maximum absolute atomic E-state index is 11.5. The number of hydrogen-bond acceptors (Lipinski definition) is 3. The van der Waals surface area contributed by atoms with Gasteiger partial charge in [0.2, 0.25) is 5.91 Å². The van der Waals surface area contributed by atoms with Crippen LogP contribution in [0.3, 0.4) is 0 Å². The molecular weight excluding hydrogens is 228 g/mol. The molecule has 0 bridgehead atoms. The normalized spacial score (nSPS) is 12.1. The van der Waals surface area contributed by atoms with Gasteiger partial charge in [0.05, 0.1) is 11.7 Å². The highest BCUT2D eigenvalue weighted by atomic mass is 16.2. The smallest absolute Gasteiger partial charge is 0.236 e. The summed E-state index contributed by atoms with van der Waals surface area (Å²) in [5, 5.41) is 6.98. The predicted octanol–water partition coefficient (Wildman–Crippen LogP) is 0.836. The molecule has 1 amide bonds. The van der Waals surface area contributed by atoms with Crippen LogP contribution in [0.1, 0.15) is 12.5 Å². The number of rotatable bonds is 4. The van der Waals surface area contributed by atoms with Crippen molar-refractivity contribution in [2.45, 2.75) is 19.5 Å². The predicted molar refractivity (Wildman–Crippen MR) is 69.1 cm³/mol. The molecule has 2 aromatic rings. The minimum absolute atomic E-state index is 0.162. The first kappa shape index (κ1) is 12.3. The number of para-hydroxylation sites is 1. The summed E-state index contributed by atoms with van der Waals surface area (Å²) in [5.41, 5.74) is 7.45. The maximum Gasteiger partial charge on any atom is 0.236 e. The Labute approximate surface area is 106 Å². The molecule has 2 rings (SSSR count). The van der Waals surface area contributed by atoms with Gasteiger partial charge in [0, 0.05) is 18.9 Å². The van der Waals surface area contributed by atoms with Crippen LogP contribution in [-0.4, -0.2) is 21.7 Å². The van der Waals surface area contributed by atoms with Gasteiger partial charge in [-0.25, -0.2) is 4.68 Å². The van der Waals surface area contributed by atoms with Crippen LogP contribution in [-0.2, 0) is 11.3 Å². The summed E-state index contributed by atoms with van der Waals surface area (Å²) in [7, 11) is 0. The lowest BCUT2D eigenvalue weighted by Crippen LogP contribution is -2.37. The van der Waals surface area contributed by atoms with Gasteiger partial charge >= 0.3 is 0 Å². The molecule has 5 heteroatoms. The number of amides is 1. The van der Waals surface area contributed by atoms with Crippen LogP contribution in [0.25, 0.3) is 5.69 Å². The molecule has 0 unspecified atom stereocenters. The molecule has 0 fully saturated rings. The summed E-state index contributed by atoms with van der Waals surface area (Å²) in [6.07, 6.45) is 3.59. The fourth-order valence-electron chi connectivity index (χ4n) is 1.64. The van der Waals surface area contributed by atoms with Gasteiger partial charge in [0.1, 0.15) is 0 Å². The SMILES string of the molecule is C[C@@H](N)C(=O)NCc1ccccc1-n1cccn1. The van der Waals surface area contributed by atoms with E-state index < -0.39 is 6.04 Å². The first-order chi connectivity index (χ1) is 8.68. The average molecular weight is 244 g/mol. The van der Waals surface area contributed by atoms with Gasteiger partial charge in [-0.15, -0.1) is 0 Å². The third kappa shape index (κ3) is 2.75. The molecule has 0 spiro atoms. The Morgan fingerprint density at radius 3 is 2.89 bits per heavy atom. The Hall–Kier alpha value is -2.14. The average Bonchev–Trinajstić information content (AvgIpc) is 2.89. The summed E-state index contributed by atoms with van der Waals surface area (Å²) in [6, 6.07) is 9.14. The molecule has 0 saturated carbocycles. The molecule has 1 heterocycles. The molecule has 1 atom stereocenters. The molecule has 0 saturated heterocycles. The lowest BCUT2D eigenvalue weighted by Gasteiger charge is -2.11. The highest BCUT2D eigenvalue weighted by molar-refractivity contribution is 5.81. The first-order valence-electron chi connectivity index (χ1n) is 5.79. The van der Waals surface area contributed by atoms with Gasteiger partial charge in [0.25, 0.3) is 0 Å². The van der Waals surface area contributed by atoms with Crippen molar-refractivity contribution in [3.05, 3.63) is 48.3 Å². The lowest BCUT2D eigenvalue weighted by atomic mass is 10.1. The van der Waals surface area contributed by atoms with Crippen molar-refractivity contribution in [2.75, 3.05) is 0 Å². The van der Waals surface area contributed by atoms with Crippen LogP contribution in [0.2, 0.25) is 0 Å². The topological polar surface area (TPSA) is 72.9 Å². The zero-order valence-electron chi connectivity index (χ0n) is 10.2. The van der Waals surface area contributed by atoms with E-state index in [0.717, 1.165) is 11.3 Å². The van der Waals surface area contributed by atoms with E-state index >= 15 is 0 Å². The summed E-state index contributed by atoms with van der Waals surface area (Å²) in [5.74, 6) is -0.162. The molecule has 3 N–H and O–H groups in total. The Morgan fingerprint density at radius 1 is 1.44 bits per heavy atom. The number of nitrogens with one attached hydrogen (secondary N) is 1. The number of nitrogens with zero attached hydrogens (tertiary/aromatic N) is 2. The van der Waals surface area contributed by atoms with E-state index in [2.05, 4.69) is 10.4 Å². The van der Waals surface area contributed by atoms with Crippen molar-refractivity contribution < 1.29 is 4.79 Å². The van der Waals surface area contributed by atoms with E-state index in [4.69, 9.17) is 5.73 Å². The molecular formula is C13H16N4O. The summed E-state index contributed by atoms with van der Waals surface area (Å²) >= 11 is 0. The van der Waals surface area contributed by atoms with Crippen LogP contribution in [0.4, 0.5) is 0 Å². The summed E-state index contributed by atoms with van der Waals surface area (Å²) in [6.45, 7) is 2.10. The highest BCUT2D eigenvalue weighted by Gasteiger charge is 2.09. The van der Waals surface area contributed by atoms with Gasteiger partial charge in [-0.1, -0.05) is 18.2 Å². The lowest BCUT2D eigenvalue weighted by molar-refractivity contribution is -0.122. The van der Waals surface area contributed by atoms with Crippen LogP contribution in [0.15, 0.2) is 42.7 Å². The first-order valence-corrected chi connectivity index (χ1v) is 5.79. The standard InChI is InChI=1S/C13H16N4O/c1-10(14)13(18)15-9-11-5-2-3-6-12(11)17-8-4-7-16-17/h2-8,10H,9,14H2,1H3,(H,15,18)/t10-/m1/s1. The molecule has 94 valence electrons. The van der Waals surface area contributed by atoms with E-state index in [-0.39, 0.29) is 5.91 Å². The third-order valence-corrected chi connectivity index (χ3v) is 2.61. The number of nitrogens with two attached hydrogens (primary N) is 1. The van der Waals surface area contributed by atoms with Crippen LogP contribution in [0, 0.1) is 0 Å². The van der Waals surface area contributed by atoms with Gasteiger partial charge < -0.3 is 11.1 Å². The molecule has 5 nitrogen and oxygen atoms in total. The van der Waals surface area contributed by atoms with Gasteiger partial charge in [-0.2, -0.15) is 5.10 Å². The van der Waals surface area contributed by atoms with Gasteiger partial charge in [0.15, 0.2) is 0 Å². The van der Waals surface area contributed by atoms with E-state index in [1.165, 1.54) is 0 Å². The molecule has 0 aliphatic rings. The number of carbonyl (C=O) groups is 1. The zero-order chi connectivity index (χ0) is 13.0. The van der Waals surface area contributed by atoms with Gasteiger partial charge in [-0.05, 0) is 24.6 Å². The maximum atomic E-state index is 11.5. The minimum Gasteiger partial charge on any atom is -0.351 e. The van der Waals surface area contributed by atoms with Crippen molar-refractivity contribution in [2.24, 2.45) is 5.73 Å². The number of hydrogen-bond donors (Lipinski definition) is 2. The van der Waals surface area contributed by atoms with Crippen molar-refractivity contribution in [1.82, 2.24) is 15.1 Å². The molecule has 0 aliphatic heterocycles. The fraction of sp³-hybridized carbons (Fsp3) is 0.231. The molecule has 18 heavy (non-hydrogen) atoms. The van der Waals surface area contributed by atoms with E-state index in [9.17, 15) is 4.79 Å². The Morgan fingerprint density at radius 2 is 2.22 bits per heavy atom. The van der Waals surface area contributed by atoms with Crippen molar-refractivity contribution in [3.63, 3.8) is 0 Å². The summed E-state index contributed by atoms with van der Waals surface area (Å²) < 4.78 is 1.77. The summed E-state index contributed by atoms with van der Waals surface area (Å²) in [4.78, 5) is 11.5. The van der Waals surface area contributed by atoms with Gasteiger partial charge in [-0.3, -0.25) is 4.79 Å². The van der Waals surface area contributed by atoms with Crippen molar-refractivity contribution in [3.8, 4) is 5.69 Å². The second kappa shape index (κ2) is 5.46. The van der Waals surface area contributed by atoms with E-state index in [0.29, 0.717) is 6.54 Å². The van der Waals surface area contributed by atoms with Crippen LogP contribution >= 0.6 is 0 Å². The third-order valence-electron chi connectivity index (χ3n) is 2.61. The molecule has 1 aromatic heterocycles. The second-order valence-electron chi connectivity index (χ2n) is 4.09. The van der Waals surface area contributed by atoms with E-state index in [1.807, 2.05) is 36.5 Å². The monoisotopic (exact) mass is 244 g/mol. The fourth-order valence-corrected chi connectivity index (χ4v) is 1.64. The number of aromatic nitrogens is 2. The largest absolute Gasteiger partial charge is 0.351 e. The molecule has 1 aromatic carbocycles. The second-order valence-corrected chi connectivity index (χ2v) is 4.09.